The summed E-state index contributed by atoms with van der Waals surface area (Å²) in [7, 11) is 0. The van der Waals surface area contributed by atoms with Crippen LogP contribution in [0.3, 0.4) is 0 Å². The minimum Gasteiger partial charge on any atom is -0.478 e. The second-order valence-electron chi connectivity index (χ2n) is 7.98. The van der Waals surface area contributed by atoms with Gasteiger partial charge >= 0.3 is 0 Å². The van der Waals surface area contributed by atoms with Crippen LogP contribution < -0.4 is 15.0 Å². The van der Waals surface area contributed by atoms with E-state index in [1.807, 2.05) is 12.1 Å². The Labute approximate surface area is 196 Å². The van der Waals surface area contributed by atoms with Gasteiger partial charge in [-0.2, -0.15) is 9.37 Å². The number of nitrogens with zero attached hydrogens (tertiary/aromatic N) is 3. The van der Waals surface area contributed by atoms with E-state index in [9.17, 15) is 4.39 Å². The number of hydrogen-bond donors (Lipinski definition) is 1. The Morgan fingerprint density at radius 3 is 2.61 bits per heavy atom. The first-order valence-electron chi connectivity index (χ1n) is 11.5. The van der Waals surface area contributed by atoms with Crippen LogP contribution in [0.4, 0.5) is 15.9 Å². The molecule has 0 unspecified atom stereocenters. The predicted molar refractivity (Wildman–Crippen MR) is 135 cm³/mol. The number of rotatable bonds is 11. The fraction of sp³-hybridized carbons (Fsp3) is 0.333. The summed E-state index contributed by atoms with van der Waals surface area (Å²) >= 11 is 0. The van der Waals surface area contributed by atoms with Crippen molar-refractivity contribution in [3.63, 3.8) is 0 Å². The fourth-order valence-electron chi connectivity index (χ4n) is 3.64. The molecular formula is C27H33FN4O. The number of anilines is 2. The van der Waals surface area contributed by atoms with E-state index in [0.29, 0.717) is 23.7 Å². The quantitative estimate of drug-likeness (QED) is 0.331. The molecule has 0 bridgehead atoms. The minimum atomic E-state index is -0.531. The predicted octanol–water partition coefficient (Wildman–Crippen LogP) is 6.70. The molecule has 0 aliphatic rings. The zero-order chi connectivity index (χ0) is 23.8. The fourth-order valence-corrected chi connectivity index (χ4v) is 3.64. The smallest absolute Gasteiger partial charge is 0.215 e. The SMILES string of the molecule is C=C(Nc1ccc(C)c(-c2cc(OCCC)nc(N(CC)CCC)c2)c1)c1ccnc(F)c1. The molecule has 3 aromatic rings. The first-order valence-corrected chi connectivity index (χ1v) is 11.5. The minimum absolute atomic E-state index is 0.531. The molecule has 0 saturated heterocycles. The second-order valence-corrected chi connectivity index (χ2v) is 7.98. The van der Waals surface area contributed by atoms with Crippen LogP contribution in [0.15, 0.2) is 55.2 Å². The molecule has 1 N–H and O–H groups in total. The van der Waals surface area contributed by atoms with Crippen molar-refractivity contribution in [3.8, 4) is 17.0 Å². The van der Waals surface area contributed by atoms with Crippen LogP contribution in [-0.4, -0.2) is 29.7 Å². The maximum Gasteiger partial charge on any atom is 0.215 e. The van der Waals surface area contributed by atoms with Crippen molar-refractivity contribution in [1.82, 2.24) is 9.97 Å². The standard InChI is InChI=1S/C27H33FN4O/c1-6-13-32(8-3)26-16-22(17-27(31-26)33-14-7-2)24-18-23(10-9-19(24)4)30-20(5)21-11-12-29-25(28)15-21/h9-12,15-18,30H,5-8,13-14H2,1-4H3. The van der Waals surface area contributed by atoms with Gasteiger partial charge in [0.25, 0.3) is 0 Å². The molecule has 2 heterocycles. The molecule has 33 heavy (non-hydrogen) atoms. The first kappa shape index (κ1) is 24.2. The second kappa shape index (κ2) is 11.5. The molecule has 0 aliphatic carbocycles. The highest BCUT2D eigenvalue weighted by Crippen LogP contribution is 2.32. The van der Waals surface area contributed by atoms with Gasteiger partial charge in [-0.05, 0) is 67.6 Å². The maximum absolute atomic E-state index is 13.5. The lowest BCUT2D eigenvalue weighted by atomic mass is 10.00. The summed E-state index contributed by atoms with van der Waals surface area (Å²) in [5.74, 6) is 1.02. The van der Waals surface area contributed by atoms with Crippen LogP contribution in [0.5, 0.6) is 5.88 Å². The molecule has 5 nitrogen and oxygen atoms in total. The van der Waals surface area contributed by atoms with Crippen LogP contribution in [0.2, 0.25) is 0 Å². The van der Waals surface area contributed by atoms with E-state index in [-0.39, 0.29) is 0 Å². The Bertz CT molecular complexity index is 1100. The van der Waals surface area contributed by atoms with Gasteiger partial charge in [0.1, 0.15) is 5.82 Å². The van der Waals surface area contributed by atoms with Crippen molar-refractivity contribution in [2.45, 2.75) is 40.5 Å². The third-order valence-corrected chi connectivity index (χ3v) is 5.36. The van der Waals surface area contributed by atoms with E-state index in [4.69, 9.17) is 9.72 Å². The summed E-state index contributed by atoms with van der Waals surface area (Å²) in [5, 5.41) is 3.29. The molecule has 0 saturated carbocycles. The summed E-state index contributed by atoms with van der Waals surface area (Å²) in [6.45, 7) is 15.0. The number of nitrogens with one attached hydrogen (secondary N) is 1. The highest BCUT2D eigenvalue weighted by Gasteiger charge is 2.13. The van der Waals surface area contributed by atoms with Crippen molar-refractivity contribution in [1.29, 1.82) is 0 Å². The number of halogens is 1. The molecule has 174 valence electrons. The topological polar surface area (TPSA) is 50.3 Å². The maximum atomic E-state index is 13.5. The van der Waals surface area contributed by atoms with Crippen LogP contribution in [0, 0.1) is 12.9 Å². The molecule has 0 radical (unpaired) electrons. The normalized spacial score (nSPS) is 10.7. The first-order chi connectivity index (χ1) is 15.9. The van der Waals surface area contributed by atoms with E-state index in [2.05, 4.69) is 67.7 Å². The van der Waals surface area contributed by atoms with Gasteiger partial charge in [-0.25, -0.2) is 4.98 Å². The van der Waals surface area contributed by atoms with Crippen molar-refractivity contribution in [3.05, 3.63) is 72.3 Å². The Hall–Kier alpha value is -3.41. The summed E-state index contributed by atoms with van der Waals surface area (Å²) in [4.78, 5) is 10.6. The lowest BCUT2D eigenvalue weighted by Crippen LogP contribution is -2.24. The van der Waals surface area contributed by atoms with Crippen LogP contribution in [0.1, 0.15) is 44.7 Å². The van der Waals surface area contributed by atoms with Gasteiger partial charge in [-0.3, -0.25) is 0 Å². The third kappa shape index (κ3) is 6.31. The average Bonchev–Trinajstić information content (AvgIpc) is 2.82. The van der Waals surface area contributed by atoms with E-state index in [1.165, 1.54) is 12.3 Å². The average molecular weight is 449 g/mol. The van der Waals surface area contributed by atoms with Gasteiger partial charge in [0.2, 0.25) is 11.8 Å². The zero-order valence-corrected chi connectivity index (χ0v) is 20.0. The van der Waals surface area contributed by atoms with E-state index < -0.39 is 5.95 Å². The molecular weight excluding hydrogens is 415 g/mol. The molecule has 0 atom stereocenters. The Morgan fingerprint density at radius 1 is 1.09 bits per heavy atom. The van der Waals surface area contributed by atoms with Crippen molar-refractivity contribution >= 4 is 17.2 Å². The number of ether oxygens (including phenoxy) is 1. The summed E-state index contributed by atoms with van der Waals surface area (Å²) in [6, 6.07) is 13.4. The number of aromatic nitrogens is 2. The van der Waals surface area contributed by atoms with Gasteiger partial charge in [0.05, 0.1) is 6.61 Å². The number of hydrogen-bond acceptors (Lipinski definition) is 5. The summed E-state index contributed by atoms with van der Waals surface area (Å²) in [6.07, 6.45) is 3.40. The lowest BCUT2D eigenvalue weighted by molar-refractivity contribution is 0.305. The highest BCUT2D eigenvalue weighted by atomic mass is 19.1. The molecule has 6 heteroatoms. The monoisotopic (exact) mass is 448 g/mol. The highest BCUT2D eigenvalue weighted by molar-refractivity contribution is 5.80. The third-order valence-electron chi connectivity index (χ3n) is 5.36. The zero-order valence-electron chi connectivity index (χ0n) is 20.0. The molecule has 0 spiro atoms. The molecule has 3 rings (SSSR count). The van der Waals surface area contributed by atoms with Gasteiger partial charge in [-0.1, -0.05) is 26.5 Å². The molecule has 1 aromatic carbocycles. The number of aryl methyl sites for hydroxylation is 1. The van der Waals surface area contributed by atoms with Crippen molar-refractivity contribution < 1.29 is 9.13 Å². The van der Waals surface area contributed by atoms with Crippen molar-refractivity contribution in [2.24, 2.45) is 0 Å². The Kier molecular flexibility index (Phi) is 8.41. The molecule has 0 aliphatic heterocycles. The number of benzene rings is 1. The van der Waals surface area contributed by atoms with E-state index in [1.54, 1.807) is 6.07 Å². The largest absolute Gasteiger partial charge is 0.478 e. The molecule has 0 amide bonds. The van der Waals surface area contributed by atoms with Crippen molar-refractivity contribution in [2.75, 3.05) is 29.9 Å². The van der Waals surface area contributed by atoms with Gasteiger partial charge in [0.15, 0.2) is 0 Å². The van der Waals surface area contributed by atoms with Gasteiger partial charge in [0, 0.05) is 48.4 Å². The molecule has 2 aromatic heterocycles. The summed E-state index contributed by atoms with van der Waals surface area (Å²) in [5.41, 5.74) is 5.39. The van der Waals surface area contributed by atoms with Crippen LogP contribution in [-0.2, 0) is 0 Å². The Balaban J connectivity index is 1.97. The van der Waals surface area contributed by atoms with Crippen LogP contribution >= 0.6 is 0 Å². The van der Waals surface area contributed by atoms with E-state index >= 15 is 0 Å². The van der Waals surface area contributed by atoms with Gasteiger partial charge in [-0.15, -0.1) is 0 Å². The van der Waals surface area contributed by atoms with Crippen LogP contribution in [0.25, 0.3) is 16.8 Å². The molecule has 0 fully saturated rings. The van der Waals surface area contributed by atoms with Gasteiger partial charge < -0.3 is 15.0 Å². The van der Waals surface area contributed by atoms with E-state index in [0.717, 1.165) is 54.1 Å². The summed E-state index contributed by atoms with van der Waals surface area (Å²) < 4.78 is 19.4. The Morgan fingerprint density at radius 2 is 1.91 bits per heavy atom. The lowest BCUT2D eigenvalue weighted by Gasteiger charge is -2.23. The number of pyridine rings is 2.